The minimum atomic E-state index is -1.08. The van der Waals surface area contributed by atoms with E-state index >= 15 is 0 Å². The summed E-state index contributed by atoms with van der Waals surface area (Å²) in [6.45, 7) is 14.0. The van der Waals surface area contributed by atoms with Crippen molar-refractivity contribution < 1.29 is 47.6 Å². The number of benzene rings is 1. The number of carbonyl (C=O) groups is 4. The number of ether oxygens (including phenoxy) is 6. The summed E-state index contributed by atoms with van der Waals surface area (Å²) in [5.74, 6) is -1.52. The van der Waals surface area contributed by atoms with Gasteiger partial charge in [0.2, 0.25) is 0 Å². The van der Waals surface area contributed by atoms with Crippen molar-refractivity contribution in [2.75, 3.05) is 0 Å². The summed E-state index contributed by atoms with van der Waals surface area (Å²) in [6, 6.07) is 3.30. The van der Waals surface area contributed by atoms with Gasteiger partial charge in [-0.3, -0.25) is 9.59 Å². The van der Waals surface area contributed by atoms with Gasteiger partial charge in [0.1, 0.15) is 30.5 Å². The van der Waals surface area contributed by atoms with Gasteiger partial charge in [-0.15, -0.1) is 0 Å². The fourth-order valence-corrected chi connectivity index (χ4v) is 2.83. The number of hydrogen-bond donors (Lipinski definition) is 1. The third-order valence-corrected chi connectivity index (χ3v) is 6.18. The van der Waals surface area contributed by atoms with Crippen LogP contribution in [0.2, 0.25) is 0 Å². The van der Waals surface area contributed by atoms with Crippen molar-refractivity contribution in [3.8, 4) is 11.5 Å². The number of hydrogen-bond acceptors (Lipinski definition) is 11. The molecule has 4 unspecified atom stereocenters. The Balaban J connectivity index is 2.96. The molecule has 1 aromatic carbocycles. The van der Waals surface area contributed by atoms with Crippen LogP contribution in [-0.4, -0.2) is 54.7 Å². The number of carbonyl (C=O) groups excluding carboxylic acids is 4. The first-order valence-electron chi connectivity index (χ1n) is 13.4. The molecule has 0 aliphatic carbocycles. The highest BCUT2D eigenvalue weighted by Gasteiger charge is 2.26. The molecule has 1 aromatic rings. The second-order valence-electron chi connectivity index (χ2n) is 9.56. The number of rotatable bonds is 14. The maximum absolute atomic E-state index is 12.6. The van der Waals surface area contributed by atoms with Crippen LogP contribution in [-0.2, 0) is 35.0 Å². The summed E-state index contributed by atoms with van der Waals surface area (Å²) >= 11 is 0. The Bertz CT molecular complexity index is 966. The largest absolute Gasteiger partial charge is 0.514 e. The molecule has 0 spiro atoms. The monoisotopic (exact) mass is 553 g/mol. The highest BCUT2D eigenvalue weighted by Crippen LogP contribution is 2.30. The van der Waals surface area contributed by atoms with Crippen LogP contribution in [0.15, 0.2) is 18.2 Å². The van der Waals surface area contributed by atoms with E-state index in [1.165, 1.54) is 12.1 Å². The Morgan fingerprint density at radius 1 is 0.692 bits per heavy atom. The summed E-state index contributed by atoms with van der Waals surface area (Å²) in [6.07, 6.45) is -2.29. The zero-order valence-corrected chi connectivity index (χ0v) is 24.2. The summed E-state index contributed by atoms with van der Waals surface area (Å²) in [4.78, 5) is 49.0. The van der Waals surface area contributed by atoms with Crippen molar-refractivity contribution in [3.05, 3.63) is 23.8 Å². The van der Waals surface area contributed by atoms with Crippen LogP contribution in [0.1, 0.15) is 80.2 Å². The topological polar surface area (TPSA) is 150 Å². The van der Waals surface area contributed by atoms with Crippen LogP contribution in [0.25, 0.3) is 0 Å². The van der Waals surface area contributed by atoms with Crippen molar-refractivity contribution in [2.24, 2.45) is 11.7 Å². The minimum Gasteiger partial charge on any atom is -0.459 e. The predicted molar refractivity (Wildman–Crippen MR) is 142 cm³/mol. The molecule has 0 aliphatic rings. The standard InChI is InChI=1S/C28H43NO10/c1-9-16(4)25(30)36-19(7)20(8)37-26(31)22(29)14-21-12-13-23(38-27(32)34-17(5)10-2)24(15-21)39-28(33)35-18(6)11-3/h12-13,15-20,22H,9-11,14,29H2,1-8H3/t16?,17-,18?,19?,20?,22-/m0/s1. The van der Waals surface area contributed by atoms with Crippen LogP contribution >= 0.6 is 0 Å². The van der Waals surface area contributed by atoms with Crippen LogP contribution < -0.4 is 15.2 Å². The van der Waals surface area contributed by atoms with Gasteiger partial charge in [-0.1, -0.05) is 33.8 Å². The Kier molecular flexibility index (Phi) is 14.3. The molecule has 39 heavy (non-hydrogen) atoms. The smallest absolute Gasteiger partial charge is 0.459 e. The summed E-state index contributed by atoms with van der Waals surface area (Å²) in [5.41, 5.74) is 6.57. The van der Waals surface area contributed by atoms with Gasteiger partial charge in [-0.05, 0) is 71.1 Å². The van der Waals surface area contributed by atoms with E-state index in [-0.39, 0.29) is 35.9 Å². The lowest BCUT2D eigenvalue weighted by molar-refractivity contribution is -0.168. The second-order valence-corrected chi connectivity index (χ2v) is 9.56. The van der Waals surface area contributed by atoms with Crippen LogP contribution in [0.3, 0.4) is 0 Å². The zero-order valence-electron chi connectivity index (χ0n) is 24.2. The summed E-state index contributed by atoms with van der Waals surface area (Å²) in [5, 5.41) is 0. The molecule has 1 rings (SSSR count). The summed E-state index contributed by atoms with van der Waals surface area (Å²) < 4.78 is 31.6. The molecule has 0 aliphatic heterocycles. The molecular formula is C28H43NO10. The lowest BCUT2D eigenvalue weighted by atomic mass is 10.1. The molecule has 0 bridgehead atoms. The highest BCUT2D eigenvalue weighted by molar-refractivity contribution is 5.76. The Labute approximate surface area is 230 Å². The molecule has 0 aromatic heterocycles. The SMILES string of the molecule is CCC(C)OC(=O)Oc1cc(C[C@H](N)C(=O)OC(C)C(C)OC(=O)C(C)CC)ccc1OC(=O)O[C@@H](C)CC. The van der Waals surface area contributed by atoms with Gasteiger partial charge in [-0.2, -0.15) is 0 Å². The lowest BCUT2D eigenvalue weighted by Gasteiger charge is -2.23. The maximum Gasteiger partial charge on any atom is 0.514 e. The molecule has 0 amide bonds. The van der Waals surface area contributed by atoms with Gasteiger partial charge in [-0.25, -0.2) is 9.59 Å². The third-order valence-electron chi connectivity index (χ3n) is 6.18. The molecule has 2 N–H and O–H groups in total. The predicted octanol–water partition coefficient (Wildman–Crippen LogP) is 5.09. The first-order chi connectivity index (χ1) is 18.3. The molecule has 220 valence electrons. The van der Waals surface area contributed by atoms with Crippen molar-refractivity contribution >= 4 is 24.2 Å². The van der Waals surface area contributed by atoms with Crippen molar-refractivity contribution in [1.29, 1.82) is 0 Å². The molecule has 0 saturated carbocycles. The molecular weight excluding hydrogens is 510 g/mol. The van der Waals surface area contributed by atoms with E-state index in [0.29, 0.717) is 24.8 Å². The van der Waals surface area contributed by atoms with Crippen molar-refractivity contribution in [1.82, 2.24) is 0 Å². The summed E-state index contributed by atoms with van der Waals surface area (Å²) in [7, 11) is 0. The minimum absolute atomic E-state index is 0.0148. The van der Waals surface area contributed by atoms with Crippen molar-refractivity contribution in [3.63, 3.8) is 0 Å². The Morgan fingerprint density at radius 3 is 1.67 bits per heavy atom. The zero-order chi connectivity index (χ0) is 29.7. The van der Waals surface area contributed by atoms with Crippen LogP contribution in [0.4, 0.5) is 9.59 Å². The lowest BCUT2D eigenvalue weighted by Crippen LogP contribution is -2.40. The maximum atomic E-state index is 12.6. The van der Waals surface area contributed by atoms with Gasteiger partial charge in [0.05, 0.1) is 5.92 Å². The van der Waals surface area contributed by atoms with E-state index in [0.717, 1.165) is 0 Å². The molecule has 0 heterocycles. The second kappa shape index (κ2) is 16.6. The highest BCUT2D eigenvalue weighted by atomic mass is 16.7. The van der Waals surface area contributed by atoms with E-state index in [1.807, 2.05) is 20.8 Å². The quantitative estimate of drug-likeness (QED) is 0.186. The van der Waals surface area contributed by atoms with E-state index < -0.39 is 42.6 Å². The first-order valence-corrected chi connectivity index (χ1v) is 13.4. The molecule has 0 fully saturated rings. The molecule has 6 atom stereocenters. The van der Waals surface area contributed by atoms with Crippen LogP contribution in [0, 0.1) is 5.92 Å². The van der Waals surface area contributed by atoms with Gasteiger partial charge >= 0.3 is 24.2 Å². The van der Waals surface area contributed by atoms with Crippen LogP contribution in [0.5, 0.6) is 11.5 Å². The van der Waals surface area contributed by atoms with Crippen molar-refractivity contribution in [2.45, 2.75) is 112 Å². The molecule has 0 saturated heterocycles. The molecule has 11 nitrogen and oxygen atoms in total. The molecule has 0 radical (unpaired) electrons. The van der Waals surface area contributed by atoms with Gasteiger partial charge in [0.25, 0.3) is 0 Å². The fraction of sp³-hybridized carbons (Fsp3) is 0.643. The number of esters is 2. The van der Waals surface area contributed by atoms with E-state index in [1.54, 1.807) is 40.7 Å². The number of nitrogens with two attached hydrogens (primary N) is 1. The van der Waals surface area contributed by atoms with E-state index in [9.17, 15) is 19.2 Å². The third kappa shape index (κ3) is 11.9. The van der Waals surface area contributed by atoms with E-state index in [4.69, 9.17) is 34.2 Å². The average Bonchev–Trinajstić information content (AvgIpc) is 2.88. The fourth-order valence-electron chi connectivity index (χ4n) is 2.83. The average molecular weight is 554 g/mol. The van der Waals surface area contributed by atoms with Gasteiger partial charge < -0.3 is 34.2 Å². The van der Waals surface area contributed by atoms with Gasteiger partial charge in [0, 0.05) is 0 Å². The molecule has 11 heteroatoms. The Morgan fingerprint density at radius 2 is 1.18 bits per heavy atom. The normalized spacial score (nSPS) is 15.5. The van der Waals surface area contributed by atoms with E-state index in [2.05, 4.69) is 0 Å². The van der Waals surface area contributed by atoms with Gasteiger partial charge in [0.15, 0.2) is 11.5 Å². The first kappa shape index (κ1) is 33.7. The Hall–Kier alpha value is -3.34.